The molecular formula is C40H54O4. The molecule has 0 radical (unpaired) electrons. The Balaban J connectivity index is 0.000000170. The first-order chi connectivity index (χ1) is 21.1. The SMILES string of the molecule is C(CC1CO1)CC1CO1.C(CC1CO1)CC1CO1.Cc1ccc(C(C)(C)c2ccc(C(C)(C)c3ccc(C)cc3)cc2)cc1. The molecule has 4 aliphatic heterocycles. The smallest absolute Gasteiger partial charge is 0.0810 e. The monoisotopic (exact) mass is 598 g/mol. The Morgan fingerprint density at radius 3 is 0.841 bits per heavy atom. The second kappa shape index (κ2) is 14.7. The largest absolute Gasteiger partial charge is 0.373 e. The van der Waals surface area contributed by atoms with Crippen LogP contribution in [0.2, 0.25) is 0 Å². The fourth-order valence-electron chi connectivity index (χ4n) is 5.66. The number of hydrogen-bond donors (Lipinski definition) is 0. The summed E-state index contributed by atoms with van der Waals surface area (Å²) in [6.07, 6.45) is 10.0. The minimum absolute atomic E-state index is 0.000230. The van der Waals surface area contributed by atoms with Gasteiger partial charge < -0.3 is 18.9 Å². The second-order valence-corrected chi connectivity index (χ2v) is 14.2. The van der Waals surface area contributed by atoms with Crippen molar-refractivity contribution in [3.8, 4) is 0 Å². The van der Waals surface area contributed by atoms with Crippen molar-refractivity contribution in [1.82, 2.24) is 0 Å². The number of epoxide rings is 4. The molecule has 238 valence electrons. The van der Waals surface area contributed by atoms with Crippen LogP contribution < -0.4 is 0 Å². The zero-order valence-electron chi connectivity index (χ0n) is 27.9. The summed E-state index contributed by atoms with van der Waals surface area (Å²) >= 11 is 0. The molecule has 3 aromatic carbocycles. The van der Waals surface area contributed by atoms with E-state index in [1.807, 2.05) is 0 Å². The number of hydrogen-bond acceptors (Lipinski definition) is 4. The third-order valence-corrected chi connectivity index (χ3v) is 9.59. The number of aryl methyl sites for hydroxylation is 2. The molecule has 44 heavy (non-hydrogen) atoms. The van der Waals surface area contributed by atoms with E-state index in [4.69, 9.17) is 18.9 Å². The standard InChI is InChI=1S/C26H30.2C7H12O2/c1-19-7-11-21(12-8-19)25(3,4)23-15-17-24(18-16-23)26(5,6)22-13-9-20(2)10-14-22;2*1(2-6-4-8-6)3-7-5-9-7/h7-18H,1-6H3;2*6-7H,1-5H2. The molecule has 0 saturated carbocycles. The first kappa shape index (κ1) is 32.9. The molecule has 4 heteroatoms. The lowest BCUT2D eigenvalue weighted by molar-refractivity contribution is 0.364. The average Bonchev–Trinajstić information content (AvgIpc) is 3.83. The Kier molecular flexibility index (Phi) is 11.0. The molecule has 3 aromatic rings. The molecule has 7 rings (SSSR count). The molecule has 4 unspecified atom stereocenters. The molecule has 0 N–H and O–H groups in total. The summed E-state index contributed by atoms with van der Waals surface area (Å²) in [5, 5.41) is 0. The molecule has 0 bridgehead atoms. The van der Waals surface area contributed by atoms with E-state index >= 15 is 0 Å². The minimum Gasteiger partial charge on any atom is -0.373 e. The molecule has 0 spiro atoms. The van der Waals surface area contributed by atoms with E-state index < -0.39 is 0 Å². The van der Waals surface area contributed by atoms with Gasteiger partial charge in [0.25, 0.3) is 0 Å². The molecule has 4 fully saturated rings. The summed E-state index contributed by atoms with van der Waals surface area (Å²) in [6.45, 7) is 17.5. The van der Waals surface area contributed by atoms with Crippen LogP contribution in [0.15, 0.2) is 72.8 Å². The molecule has 0 amide bonds. The van der Waals surface area contributed by atoms with Gasteiger partial charge in [0.05, 0.1) is 50.8 Å². The van der Waals surface area contributed by atoms with E-state index in [1.165, 1.54) is 71.9 Å². The summed E-state index contributed by atoms with van der Waals surface area (Å²) < 4.78 is 20.3. The Hall–Kier alpha value is -2.50. The lowest BCUT2D eigenvalue weighted by atomic mass is 9.74. The van der Waals surface area contributed by atoms with Crippen LogP contribution in [0.25, 0.3) is 0 Å². The van der Waals surface area contributed by atoms with E-state index in [9.17, 15) is 0 Å². The maximum Gasteiger partial charge on any atom is 0.0810 e. The molecule has 0 aliphatic carbocycles. The van der Waals surface area contributed by atoms with Gasteiger partial charge in [0, 0.05) is 10.8 Å². The highest BCUT2D eigenvalue weighted by Gasteiger charge is 2.28. The summed E-state index contributed by atoms with van der Waals surface area (Å²) in [5.41, 5.74) is 8.02. The lowest BCUT2D eigenvalue weighted by Crippen LogP contribution is -2.21. The predicted molar refractivity (Wildman–Crippen MR) is 180 cm³/mol. The number of benzene rings is 3. The Morgan fingerprint density at radius 2 is 0.636 bits per heavy atom. The van der Waals surface area contributed by atoms with Gasteiger partial charge >= 0.3 is 0 Å². The Morgan fingerprint density at radius 1 is 0.432 bits per heavy atom. The highest BCUT2D eigenvalue weighted by atomic mass is 16.6. The summed E-state index contributed by atoms with van der Waals surface area (Å²) in [6, 6.07) is 27.0. The van der Waals surface area contributed by atoms with E-state index in [0.29, 0.717) is 24.4 Å². The Labute approximate surface area is 266 Å². The van der Waals surface area contributed by atoms with Gasteiger partial charge in [-0.1, -0.05) is 112 Å². The van der Waals surface area contributed by atoms with Crippen LogP contribution >= 0.6 is 0 Å². The highest BCUT2D eigenvalue weighted by Crippen LogP contribution is 2.36. The van der Waals surface area contributed by atoms with Crippen molar-refractivity contribution < 1.29 is 18.9 Å². The summed E-state index contributed by atoms with van der Waals surface area (Å²) in [7, 11) is 0. The maximum absolute atomic E-state index is 5.07. The quantitative estimate of drug-likeness (QED) is 0.195. The fourth-order valence-corrected chi connectivity index (χ4v) is 5.66. The Bertz CT molecular complexity index is 1150. The predicted octanol–water partition coefficient (Wildman–Crippen LogP) is 8.86. The van der Waals surface area contributed by atoms with Crippen molar-refractivity contribution in [3.63, 3.8) is 0 Å². The van der Waals surface area contributed by atoms with Crippen molar-refractivity contribution in [2.24, 2.45) is 0 Å². The van der Waals surface area contributed by atoms with Gasteiger partial charge in [0.15, 0.2) is 0 Å². The first-order valence-electron chi connectivity index (χ1n) is 16.8. The van der Waals surface area contributed by atoms with Crippen LogP contribution in [-0.2, 0) is 29.8 Å². The maximum atomic E-state index is 5.07. The molecule has 4 atom stereocenters. The molecule has 0 aromatic heterocycles. The van der Waals surface area contributed by atoms with Crippen LogP contribution in [0.1, 0.15) is 99.6 Å². The van der Waals surface area contributed by atoms with Crippen molar-refractivity contribution in [3.05, 3.63) is 106 Å². The highest BCUT2D eigenvalue weighted by molar-refractivity contribution is 5.44. The van der Waals surface area contributed by atoms with Gasteiger partial charge in [0.1, 0.15) is 0 Å². The molecule has 4 saturated heterocycles. The molecule has 4 heterocycles. The third-order valence-electron chi connectivity index (χ3n) is 9.59. The van der Waals surface area contributed by atoms with Crippen molar-refractivity contribution in [1.29, 1.82) is 0 Å². The zero-order chi connectivity index (χ0) is 31.2. The first-order valence-corrected chi connectivity index (χ1v) is 16.8. The van der Waals surface area contributed by atoms with Gasteiger partial charge in [-0.3, -0.25) is 0 Å². The van der Waals surface area contributed by atoms with Crippen LogP contribution in [0.4, 0.5) is 0 Å². The fraction of sp³-hybridized carbons (Fsp3) is 0.550. The van der Waals surface area contributed by atoms with Crippen LogP contribution in [-0.4, -0.2) is 50.8 Å². The van der Waals surface area contributed by atoms with Crippen molar-refractivity contribution in [2.75, 3.05) is 26.4 Å². The number of ether oxygens (including phenoxy) is 4. The molecule has 4 aliphatic rings. The molecule has 4 nitrogen and oxygen atoms in total. The summed E-state index contributed by atoms with van der Waals surface area (Å²) in [5.74, 6) is 0. The van der Waals surface area contributed by atoms with Gasteiger partial charge in [-0.2, -0.15) is 0 Å². The van der Waals surface area contributed by atoms with Crippen LogP contribution in [0.3, 0.4) is 0 Å². The third kappa shape index (κ3) is 10.3. The van der Waals surface area contributed by atoms with Crippen molar-refractivity contribution >= 4 is 0 Å². The lowest BCUT2D eigenvalue weighted by Gasteiger charge is -2.29. The van der Waals surface area contributed by atoms with Gasteiger partial charge in [-0.15, -0.1) is 0 Å². The van der Waals surface area contributed by atoms with E-state index in [1.54, 1.807) is 0 Å². The van der Waals surface area contributed by atoms with Crippen LogP contribution in [0.5, 0.6) is 0 Å². The molecular weight excluding hydrogens is 544 g/mol. The van der Waals surface area contributed by atoms with E-state index in [2.05, 4.69) is 114 Å². The second-order valence-electron chi connectivity index (χ2n) is 14.2. The number of rotatable bonds is 12. The van der Waals surface area contributed by atoms with Gasteiger partial charge in [-0.25, -0.2) is 0 Å². The normalized spacial score (nSPS) is 23.0. The zero-order valence-corrected chi connectivity index (χ0v) is 27.9. The average molecular weight is 599 g/mol. The van der Waals surface area contributed by atoms with E-state index in [-0.39, 0.29) is 10.8 Å². The minimum atomic E-state index is 0.000230. The van der Waals surface area contributed by atoms with Gasteiger partial charge in [-0.05, 0) is 74.6 Å². The topological polar surface area (TPSA) is 50.1 Å². The van der Waals surface area contributed by atoms with E-state index in [0.717, 1.165) is 26.4 Å². The van der Waals surface area contributed by atoms with Crippen molar-refractivity contribution in [2.45, 2.75) is 115 Å². The van der Waals surface area contributed by atoms with Crippen LogP contribution in [0, 0.1) is 13.8 Å². The summed E-state index contributed by atoms with van der Waals surface area (Å²) in [4.78, 5) is 0. The van der Waals surface area contributed by atoms with Gasteiger partial charge in [0.2, 0.25) is 0 Å².